The van der Waals surface area contributed by atoms with Crippen LogP contribution in [0, 0.1) is 0 Å². The molecule has 1 saturated carbocycles. The Balaban J connectivity index is 1.74. The number of nitrogens with one attached hydrogen (secondary N) is 1. The monoisotopic (exact) mass is 356 g/mol. The second-order valence-electron chi connectivity index (χ2n) is 6.32. The van der Waals surface area contributed by atoms with Crippen molar-refractivity contribution >= 4 is 17.7 Å². The molecule has 1 N–H and O–H groups in total. The first kappa shape index (κ1) is 17.7. The molecule has 0 aliphatic heterocycles. The summed E-state index contributed by atoms with van der Waals surface area (Å²) in [7, 11) is 0. The van der Waals surface area contributed by atoms with E-state index < -0.39 is 0 Å². The summed E-state index contributed by atoms with van der Waals surface area (Å²) in [6.07, 6.45) is 6.42. The molecule has 1 atom stereocenters. The number of carbonyl (C=O) groups excluding carboxylic acids is 1. The third kappa shape index (κ3) is 4.31. The first-order valence-corrected chi connectivity index (χ1v) is 9.63. The highest BCUT2D eigenvalue weighted by Crippen LogP contribution is 2.27. The maximum Gasteiger partial charge on any atom is 0.233 e. The molecule has 3 rings (SSSR count). The molecule has 132 valence electrons. The molecule has 1 fully saturated rings. The molecule has 0 saturated heterocycles. The summed E-state index contributed by atoms with van der Waals surface area (Å²) in [6.45, 7) is 6.36. The lowest BCUT2D eigenvalue weighted by Crippen LogP contribution is -2.37. The van der Waals surface area contributed by atoms with E-state index in [0.29, 0.717) is 12.6 Å². The highest BCUT2D eigenvalue weighted by Gasteiger charge is 2.23. The van der Waals surface area contributed by atoms with Crippen molar-refractivity contribution in [3.8, 4) is 11.4 Å². The largest absolute Gasteiger partial charge is 0.352 e. The Kier molecular flexibility index (Phi) is 5.91. The Bertz CT molecular complexity index is 722. The molecule has 5 nitrogen and oxygen atoms in total. The molecule has 6 heteroatoms. The van der Waals surface area contributed by atoms with Gasteiger partial charge >= 0.3 is 0 Å². The van der Waals surface area contributed by atoms with Gasteiger partial charge in [-0.15, -0.1) is 16.8 Å². The Morgan fingerprint density at radius 1 is 1.36 bits per heavy atom. The van der Waals surface area contributed by atoms with Crippen LogP contribution in [-0.2, 0) is 11.3 Å². The van der Waals surface area contributed by atoms with Crippen LogP contribution in [0.4, 0.5) is 0 Å². The Morgan fingerprint density at radius 3 is 2.76 bits per heavy atom. The van der Waals surface area contributed by atoms with Crippen molar-refractivity contribution in [2.24, 2.45) is 0 Å². The minimum atomic E-state index is -0.211. The smallest absolute Gasteiger partial charge is 0.233 e. The van der Waals surface area contributed by atoms with Gasteiger partial charge in [-0.3, -0.25) is 9.36 Å². The topological polar surface area (TPSA) is 59.8 Å². The molecule has 1 aliphatic rings. The summed E-state index contributed by atoms with van der Waals surface area (Å²) in [5.41, 5.74) is 1.01. The van der Waals surface area contributed by atoms with Gasteiger partial charge in [0.25, 0.3) is 0 Å². The summed E-state index contributed by atoms with van der Waals surface area (Å²) < 4.78 is 2.01. The molecular formula is C19H24N4OS. The number of rotatable bonds is 7. The molecular weight excluding hydrogens is 332 g/mol. The van der Waals surface area contributed by atoms with Crippen molar-refractivity contribution in [1.82, 2.24) is 20.1 Å². The predicted octanol–water partition coefficient (Wildman–Crippen LogP) is 3.67. The zero-order valence-electron chi connectivity index (χ0n) is 14.5. The number of nitrogens with zero attached hydrogens (tertiary/aromatic N) is 3. The fourth-order valence-electron chi connectivity index (χ4n) is 3.07. The third-order valence-corrected chi connectivity index (χ3v) is 5.49. The Morgan fingerprint density at radius 2 is 2.08 bits per heavy atom. The lowest BCUT2D eigenvalue weighted by atomic mass is 10.2. The molecule has 1 amide bonds. The van der Waals surface area contributed by atoms with Crippen molar-refractivity contribution in [2.45, 2.75) is 55.6 Å². The predicted molar refractivity (Wildman–Crippen MR) is 101 cm³/mol. The number of carbonyl (C=O) groups is 1. The number of aromatic nitrogens is 3. The number of amides is 1. The summed E-state index contributed by atoms with van der Waals surface area (Å²) in [6, 6.07) is 10.3. The van der Waals surface area contributed by atoms with Gasteiger partial charge in [-0.1, -0.05) is 61.0 Å². The maximum atomic E-state index is 12.4. The van der Waals surface area contributed by atoms with Crippen LogP contribution in [0.25, 0.3) is 11.4 Å². The van der Waals surface area contributed by atoms with Gasteiger partial charge in [0.1, 0.15) is 0 Å². The Labute approximate surface area is 152 Å². The van der Waals surface area contributed by atoms with E-state index in [4.69, 9.17) is 0 Å². The molecule has 0 bridgehead atoms. The number of hydrogen-bond acceptors (Lipinski definition) is 4. The van der Waals surface area contributed by atoms with Gasteiger partial charge < -0.3 is 5.32 Å². The van der Waals surface area contributed by atoms with Crippen molar-refractivity contribution in [1.29, 1.82) is 0 Å². The SMILES string of the molecule is C=CCn1c(S[C@@H](C)C(=O)NC2CCCC2)nnc1-c1ccccc1. The number of allylic oxidation sites excluding steroid dienone is 1. The fourth-order valence-corrected chi connectivity index (χ4v) is 3.94. The molecule has 0 radical (unpaired) electrons. The van der Waals surface area contributed by atoms with E-state index in [0.717, 1.165) is 29.4 Å². The normalized spacial score (nSPS) is 15.9. The average molecular weight is 356 g/mol. The zero-order valence-corrected chi connectivity index (χ0v) is 15.3. The third-order valence-electron chi connectivity index (χ3n) is 4.41. The molecule has 25 heavy (non-hydrogen) atoms. The minimum Gasteiger partial charge on any atom is -0.352 e. The second kappa shape index (κ2) is 8.34. The van der Waals surface area contributed by atoms with E-state index in [-0.39, 0.29) is 11.2 Å². The quantitative estimate of drug-likeness (QED) is 0.607. The van der Waals surface area contributed by atoms with Crippen molar-refractivity contribution in [3.05, 3.63) is 43.0 Å². The van der Waals surface area contributed by atoms with Gasteiger partial charge in [-0.05, 0) is 19.8 Å². The van der Waals surface area contributed by atoms with E-state index in [1.165, 1.54) is 24.6 Å². The fraction of sp³-hybridized carbons (Fsp3) is 0.421. The van der Waals surface area contributed by atoms with E-state index >= 15 is 0 Å². The van der Waals surface area contributed by atoms with Crippen molar-refractivity contribution < 1.29 is 4.79 Å². The first-order chi connectivity index (χ1) is 12.2. The standard InChI is InChI=1S/C19H24N4OS/c1-3-13-23-17(15-9-5-4-6-10-15)21-22-19(23)25-14(2)18(24)20-16-11-7-8-12-16/h3-6,9-10,14,16H,1,7-8,11-13H2,2H3,(H,20,24)/t14-/m0/s1. The van der Waals surface area contributed by atoms with Crippen LogP contribution < -0.4 is 5.32 Å². The Hall–Kier alpha value is -2.08. The summed E-state index contributed by atoms with van der Waals surface area (Å²) in [5.74, 6) is 0.873. The van der Waals surface area contributed by atoms with Gasteiger partial charge in [0.05, 0.1) is 5.25 Å². The van der Waals surface area contributed by atoms with Gasteiger partial charge in [0, 0.05) is 18.2 Å². The molecule has 2 aromatic rings. The molecule has 0 unspecified atom stereocenters. The lowest BCUT2D eigenvalue weighted by molar-refractivity contribution is -0.120. The van der Waals surface area contributed by atoms with Crippen LogP contribution in [0.1, 0.15) is 32.6 Å². The van der Waals surface area contributed by atoms with E-state index in [9.17, 15) is 4.79 Å². The van der Waals surface area contributed by atoms with Crippen LogP contribution in [0.15, 0.2) is 48.1 Å². The number of benzene rings is 1. The highest BCUT2D eigenvalue weighted by molar-refractivity contribution is 8.00. The van der Waals surface area contributed by atoms with Crippen molar-refractivity contribution in [2.75, 3.05) is 0 Å². The van der Waals surface area contributed by atoms with Gasteiger partial charge in [-0.25, -0.2) is 0 Å². The lowest BCUT2D eigenvalue weighted by Gasteiger charge is -2.16. The maximum absolute atomic E-state index is 12.4. The average Bonchev–Trinajstić information content (AvgIpc) is 3.26. The number of hydrogen-bond donors (Lipinski definition) is 1. The molecule has 1 heterocycles. The molecule has 1 aromatic heterocycles. The highest BCUT2D eigenvalue weighted by atomic mass is 32.2. The van der Waals surface area contributed by atoms with Gasteiger partial charge in [0.15, 0.2) is 11.0 Å². The van der Waals surface area contributed by atoms with E-state index in [1.54, 1.807) is 0 Å². The van der Waals surface area contributed by atoms with Gasteiger partial charge in [-0.2, -0.15) is 0 Å². The first-order valence-electron chi connectivity index (χ1n) is 8.75. The summed E-state index contributed by atoms with van der Waals surface area (Å²) in [5, 5.41) is 12.3. The number of thioether (sulfide) groups is 1. The van der Waals surface area contributed by atoms with E-state index in [1.807, 2.05) is 47.9 Å². The van der Waals surface area contributed by atoms with Crippen LogP contribution in [0.5, 0.6) is 0 Å². The van der Waals surface area contributed by atoms with E-state index in [2.05, 4.69) is 22.1 Å². The van der Waals surface area contributed by atoms with Crippen molar-refractivity contribution in [3.63, 3.8) is 0 Å². The summed E-state index contributed by atoms with van der Waals surface area (Å²) >= 11 is 1.45. The minimum absolute atomic E-state index is 0.0753. The molecule has 1 aliphatic carbocycles. The van der Waals surface area contributed by atoms with Crippen LogP contribution in [-0.4, -0.2) is 32.0 Å². The molecule has 0 spiro atoms. The van der Waals surface area contributed by atoms with Gasteiger partial charge in [0.2, 0.25) is 5.91 Å². The van der Waals surface area contributed by atoms with Crippen LogP contribution in [0.3, 0.4) is 0 Å². The second-order valence-corrected chi connectivity index (χ2v) is 7.63. The van der Waals surface area contributed by atoms with Crippen LogP contribution in [0.2, 0.25) is 0 Å². The zero-order chi connectivity index (χ0) is 17.6. The van der Waals surface area contributed by atoms with Crippen LogP contribution >= 0.6 is 11.8 Å². The summed E-state index contributed by atoms with van der Waals surface area (Å²) in [4.78, 5) is 12.4. The molecule has 1 aromatic carbocycles.